The van der Waals surface area contributed by atoms with Gasteiger partial charge in [-0.05, 0) is 43.2 Å². The Morgan fingerprint density at radius 3 is 2.44 bits per heavy atom. The van der Waals surface area contributed by atoms with Gasteiger partial charge in [0.1, 0.15) is 5.82 Å². The second-order valence-electron chi connectivity index (χ2n) is 10.6. The zero-order chi connectivity index (χ0) is 32.1. The molecule has 1 fully saturated rings. The molecule has 0 saturated carbocycles. The van der Waals surface area contributed by atoms with Crippen molar-refractivity contribution in [1.29, 1.82) is 0 Å². The molecule has 3 aromatic carbocycles. The van der Waals surface area contributed by atoms with Gasteiger partial charge in [-0.3, -0.25) is 24.3 Å². The van der Waals surface area contributed by atoms with Crippen LogP contribution < -0.4 is 0 Å². The van der Waals surface area contributed by atoms with Gasteiger partial charge in [-0.15, -0.1) is 10.2 Å². The summed E-state index contributed by atoms with van der Waals surface area (Å²) in [5.74, 6) is 1.10. The van der Waals surface area contributed by atoms with Gasteiger partial charge in [-0.25, -0.2) is 0 Å². The summed E-state index contributed by atoms with van der Waals surface area (Å²) in [4.78, 5) is 40.1. The van der Waals surface area contributed by atoms with Gasteiger partial charge in [-0.2, -0.15) is 0 Å². The Morgan fingerprint density at radius 2 is 1.76 bits per heavy atom. The molecular weight excluding hydrogens is 659 g/mol. The summed E-state index contributed by atoms with van der Waals surface area (Å²) in [5.41, 5.74) is 1.92. The first kappa shape index (κ1) is 32.7. The largest absolute Gasteiger partial charge is 0.339 e. The molecule has 14 heteroatoms. The zero-order valence-electron chi connectivity index (χ0n) is 24.2. The van der Waals surface area contributed by atoms with Gasteiger partial charge in [-0.1, -0.05) is 76.9 Å². The minimum Gasteiger partial charge on any atom is -0.339 e. The van der Waals surface area contributed by atoms with Gasteiger partial charge in [0.25, 0.3) is 11.6 Å². The number of nitro groups is 1. The molecule has 45 heavy (non-hydrogen) atoms. The zero-order valence-corrected chi connectivity index (χ0v) is 27.3. The van der Waals surface area contributed by atoms with Gasteiger partial charge < -0.3 is 9.80 Å². The quantitative estimate of drug-likeness (QED) is 0.0766. The summed E-state index contributed by atoms with van der Waals surface area (Å²) in [6, 6.07) is 19.0. The number of amides is 2. The topological polar surface area (TPSA) is 114 Å². The van der Waals surface area contributed by atoms with E-state index in [9.17, 15) is 19.7 Å². The number of nitrogens with zero attached hydrogens (tertiary/aromatic N) is 6. The Bertz CT molecular complexity index is 1720. The molecule has 234 valence electrons. The van der Waals surface area contributed by atoms with Crippen molar-refractivity contribution in [2.24, 2.45) is 0 Å². The van der Waals surface area contributed by atoms with E-state index in [2.05, 4.69) is 10.2 Å². The van der Waals surface area contributed by atoms with E-state index in [0.29, 0.717) is 59.9 Å². The molecule has 1 unspecified atom stereocenters. The van der Waals surface area contributed by atoms with Crippen LogP contribution >= 0.6 is 46.6 Å². The third-order valence-corrected chi connectivity index (χ3v) is 9.53. The Labute approximate surface area is 279 Å². The summed E-state index contributed by atoms with van der Waals surface area (Å²) in [7, 11) is 0. The molecule has 1 atom stereocenters. The predicted molar refractivity (Wildman–Crippen MR) is 176 cm³/mol. The lowest BCUT2D eigenvalue weighted by Gasteiger charge is -2.40. The fraction of sp³-hybridized carbons (Fsp3) is 0.290. The van der Waals surface area contributed by atoms with E-state index in [1.54, 1.807) is 21.9 Å². The highest BCUT2D eigenvalue weighted by Crippen LogP contribution is 2.30. The summed E-state index contributed by atoms with van der Waals surface area (Å²) >= 11 is 20.2. The van der Waals surface area contributed by atoms with Crippen molar-refractivity contribution in [2.75, 3.05) is 25.4 Å². The maximum Gasteiger partial charge on any atom is 0.270 e. The van der Waals surface area contributed by atoms with E-state index in [4.69, 9.17) is 34.8 Å². The van der Waals surface area contributed by atoms with Crippen LogP contribution in [0.4, 0.5) is 5.69 Å². The van der Waals surface area contributed by atoms with Crippen LogP contribution in [0, 0.1) is 10.1 Å². The van der Waals surface area contributed by atoms with Crippen LogP contribution in [0.25, 0.3) is 5.69 Å². The first-order valence-corrected chi connectivity index (χ1v) is 16.3. The lowest BCUT2D eigenvalue weighted by atomic mass is 10.1. The second kappa shape index (κ2) is 14.6. The van der Waals surface area contributed by atoms with E-state index < -0.39 is 4.92 Å². The van der Waals surface area contributed by atoms with Crippen LogP contribution in [0.3, 0.4) is 0 Å². The third kappa shape index (κ3) is 7.78. The van der Waals surface area contributed by atoms with E-state index in [1.807, 2.05) is 47.9 Å². The number of thioether (sulfide) groups is 1. The van der Waals surface area contributed by atoms with Crippen LogP contribution in [0.1, 0.15) is 41.5 Å². The lowest BCUT2D eigenvalue weighted by Crippen LogP contribution is -2.55. The maximum absolute atomic E-state index is 13.1. The van der Waals surface area contributed by atoms with Crippen LogP contribution in [-0.4, -0.2) is 72.7 Å². The number of hydrogen-bond acceptors (Lipinski definition) is 7. The number of carbonyl (C=O) groups excluding carboxylic acids is 2. The molecule has 1 aliphatic heterocycles. The highest BCUT2D eigenvalue weighted by molar-refractivity contribution is 7.99. The fourth-order valence-electron chi connectivity index (χ4n) is 5.15. The number of carbonyl (C=O) groups is 2. The Morgan fingerprint density at radius 1 is 0.978 bits per heavy atom. The number of non-ortho nitro benzene ring substituents is 1. The summed E-state index contributed by atoms with van der Waals surface area (Å²) in [6.07, 6.45) is 1.55. The predicted octanol–water partition coefficient (Wildman–Crippen LogP) is 6.97. The average Bonchev–Trinajstić information content (AvgIpc) is 3.42. The molecule has 1 aromatic heterocycles. The molecule has 0 radical (unpaired) electrons. The van der Waals surface area contributed by atoms with Crippen LogP contribution in [-0.2, 0) is 11.2 Å². The average molecular weight is 688 g/mol. The van der Waals surface area contributed by atoms with Gasteiger partial charge in [0.05, 0.1) is 31.2 Å². The van der Waals surface area contributed by atoms with Crippen LogP contribution in [0.15, 0.2) is 71.9 Å². The molecule has 2 heterocycles. The number of benzene rings is 3. The first-order chi connectivity index (χ1) is 21.6. The Balaban J connectivity index is 1.17. The van der Waals surface area contributed by atoms with E-state index in [-0.39, 0.29) is 34.1 Å². The highest BCUT2D eigenvalue weighted by Gasteiger charge is 2.31. The van der Waals surface area contributed by atoms with Crippen molar-refractivity contribution in [2.45, 2.75) is 37.4 Å². The normalized spacial score (nSPS) is 14.9. The summed E-state index contributed by atoms with van der Waals surface area (Å²) < 4.78 is 1.97. The number of halogens is 3. The molecule has 0 bridgehead atoms. The van der Waals surface area contributed by atoms with Crippen molar-refractivity contribution in [3.8, 4) is 5.69 Å². The molecule has 4 aromatic rings. The number of piperazine rings is 1. The standard InChI is InChI=1S/C31H29Cl3N6O4S/c1-20-19-37(13-14-38(20)30(42)24-11-9-23(40(43)44)18-26(24)33)29(41)8-5-15-45-31-36-35-28(16-21-6-3-2-4-7-21)39(31)22-10-12-25(32)27(34)17-22/h2-4,6-7,9-12,17-18,20H,5,8,13-16,19H2,1H3. The Kier molecular flexibility index (Phi) is 10.7. The van der Waals surface area contributed by atoms with Crippen LogP contribution in [0.5, 0.6) is 0 Å². The summed E-state index contributed by atoms with van der Waals surface area (Å²) in [5, 5.41) is 21.5. The number of nitro benzene ring substituents is 1. The molecule has 0 aliphatic carbocycles. The minimum absolute atomic E-state index is 0.0126. The summed E-state index contributed by atoms with van der Waals surface area (Å²) in [6.45, 7) is 2.98. The molecule has 5 rings (SSSR count). The third-order valence-electron chi connectivity index (χ3n) is 7.47. The maximum atomic E-state index is 13.1. The molecule has 10 nitrogen and oxygen atoms in total. The highest BCUT2D eigenvalue weighted by atomic mass is 35.5. The smallest absolute Gasteiger partial charge is 0.270 e. The molecule has 0 spiro atoms. The SMILES string of the molecule is CC1CN(C(=O)CCCSc2nnc(Cc3ccccc3)n2-c2ccc(Cl)c(Cl)c2)CCN1C(=O)c1ccc([N+](=O)[O-])cc1Cl. The van der Waals surface area contributed by atoms with E-state index >= 15 is 0 Å². The molecule has 1 saturated heterocycles. The van der Waals surface area contributed by atoms with Gasteiger partial charge in [0, 0.05) is 56.4 Å². The number of aromatic nitrogens is 3. The van der Waals surface area contributed by atoms with Crippen molar-refractivity contribution in [1.82, 2.24) is 24.6 Å². The van der Waals surface area contributed by atoms with Gasteiger partial charge >= 0.3 is 0 Å². The molecule has 0 N–H and O–H groups in total. The Hall–Kier alpha value is -3.64. The first-order valence-electron chi connectivity index (χ1n) is 14.2. The number of rotatable bonds is 10. The van der Waals surface area contributed by atoms with Crippen molar-refractivity contribution in [3.63, 3.8) is 0 Å². The second-order valence-corrected chi connectivity index (χ2v) is 12.8. The molecule has 1 aliphatic rings. The van der Waals surface area contributed by atoms with Crippen LogP contribution in [0.2, 0.25) is 15.1 Å². The van der Waals surface area contributed by atoms with E-state index in [1.165, 1.54) is 30.0 Å². The molecule has 2 amide bonds. The monoisotopic (exact) mass is 686 g/mol. The van der Waals surface area contributed by atoms with Gasteiger partial charge in [0.15, 0.2) is 5.16 Å². The van der Waals surface area contributed by atoms with Crippen molar-refractivity contribution in [3.05, 3.63) is 109 Å². The van der Waals surface area contributed by atoms with Crippen molar-refractivity contribution >= 4 is 64.1 Å². The minimum atomic E-state index is -0.560. The molecular formula is C31H29Cl3N6O4S. The van der Waals surface area contributed by atoms with E-state index in [0.717, 1.165) is 17.1 Å². The number of hydrogen-bond donors (Lipinski definition) is 0. The van der Waals surface area contributed by atoms with Crippen molar-refractivity contribution < 1.29 is 14.5 Å². The van der Waals surface area contributed by atoms with Gasteiger partial charge in [0.2, 0.25) is 5.91 Å². The fourth-order valence-corrected chi connectivity index (χ4v) is 6.60. The lowest BCUT2D eigenvalue weighted by molar-refractivity contribution is -0.384.